The largest absolute Gasteiger partial charge is 0.504 e. The first-order valence-electron chi connectivity index (χ1n) is 8.17. The van der Waals surface area contributed by atoms with E-state index in [4.69, 9.17) is 4.74 Å². The highest BCUT2D eigenvalue weighted by molar-refractivity contribution is 14.1. The molecule has 0 radical (unpaired) electrons. The predicted octanol–water partition coefficient (Wildman–Crippen LogP) is 6.21. The van der Waals surface area contributed by atoms with Crippen LogP contribution in [0.2, 0.25) is 0 Å². The summed E-state index contributed by atoms with van der Waals surface area (Å²) in [4.78, 5) is 12.2. The first-order valence-corrected chi connectivity index (χ1v) is 11.4. The third kappa shape index (κ3) is 6.65. The highest BCUT2D eigenvalue weighted by atomic mass is 127. The van der Waals surface area contributed by atoms with Crippen LogP contribution >= 0.6 is 67.8 Å². The molecule has 0 aliphatic rings. The van der Waals surface area contributed by atoms with Crippen LogP contribution in [-0.2, 0) is 4.74 Å². The second kappa shape index (κ2) is 12.0. The predicted molar refractivity (Wildman–Crippen MR) is 121 cm³/mol. The molecule has 0 aliphatic heterocycles. The maximum absolute atomic E-state index is 12.2. The Balaban J connectivity index is 2.42. The monoisotopic (exact) mass is 672 g/mol. The molecule has 24 heavy (non-hydrogen) atoms. The van der Waals surface area contributed by atoms with Gasteiger partial charge >= 0.3 is 5.97 Å². The topological polar surface area (TPSA) is 66.8 Å². The van der Waals surface area contributed by atoms with Crippen molar-refractivity contribution in [2.75, 3.05) is 6.61 Å². The molecule has 136 valence electrons. The van der Waals surface area contributed by atoms with Gasteiger partial charge < -0.3 is 14.9 Å². The number of rotatable bonds is 10. The van der Waals surface area contributed by atoms with E-state index in [1.807, 2.05) is 67.8 Å². The van der Waals surface area contributed by atoms with Gasteiger partial charge in [-0.1, -0.05) is 51.9 Å². The molecular weight excluding hydrogens is 649 g/mol. The number of aromatic hydroxyl groups is 2. The molecule has 1 aromatic rings. The smallest absolute Gasteiger partial charge is 0.343 e. The zero-order valence-corrected chi connectivity index (χ0v) is 20.2. The standard InChI is InChI=1S/C17H23I3O4/c1-2-3-4-5-6-7-8-9-10-24-17(23)11-12(18)13(19)14(20)16(22)15(11)21/h21-22H,2-10H2,1H3. The Kier molecular flexibility index (Phi) is 11.2. The molecule has 0 aliphatic carbocycles. The molecule has 1 aromatic carbocycles. The van der Waals surface area contributed by atoms with Gasteiger partial charge in [0.15, 0.2) is 11.5 Å². The number of ether oxygens (including phenoxy) is 1. The lowest BCUT2D eigenvalue weighted by atomic mass is 10.1. The number of esters is 1. The van der Waals surface area contributed by atoms with E-state index in [1.165, 1.54) is 32.1 Å². The average molecular weight is 672 g/mol. The van der Waals surface area contributed by atoms with Crippen LogP contribution in [0.3, 0.4) is 0 Å². The van der Waals surface area contributed by atoms with E-state index in [9.17, 15) is 15.0 Å². The molecule has 0 saturated heterocycles. The van der Waals surface area contributed by atoms with Crippen molar-refractivity contribution >= 4 is 73.7 Å². The molecule has 2 N–H and O–H groups in total. The number of carbonyl (C=O) groups is 1. The van der Waals surface area contributed by atoms with Gasteiger partial charge in [-0.2, -0.15) is 0 Å². The fourth-order valence-electron chi connectivity index (χ4n) is 2.30. The first-order chi connectivity index (χ1) is 11.4. The van der Waals surface area contributed by atoms with E-state index >= 15 is 0 Å². The minimum absolute atomic E-state index is 0.0532. The van der Waals surface area contributed by atoms with Crippen molar-refractivity contribution in [3.05, 3.63) is 16.3 Å². The number of phenolic OH excluding ortho intramolecular Hbond substituents is 2. The van der Waals surface area contributed by atoms with E-state index in [1.54, 1.807) is 0 Å². The van der Waals surface area contributed by atoms with Crippen LogP contribution in [0, 0.1) is 10.7 Å². The van der Waals surface area contributed by atoms with Gasteiger partial charge in [0.1, 0.15) is 5.56 Å². The van der Waals surface area contributed by atoms with Crippen LogP contribution in [0.5, 0.6) is 11.5 Å². The second-order valence-corrected chi connectivity index (χ2v) is 8.86. The Labute approximate surface area is 184 Å². The Morgan fingerprint density at radius 1 is 0.833 bits per heavy atom. The van der Waals surface area contributed by atoms with Gasteiger partial charge in [0.2, 0.25) is 0 Å². The van der Waals surface area contributed by atoms with Gasteiger partial charge in [-0.15, -0.1) is 0 Å². The van der Waals surface area contributed by atoms with Crippen molar-refractivity contribution in [1.82, 2.24) is 0 Å². The SMILES string of the molecule is CCCCCCCCCCOC(=O)c1c(O)c(O)c(I)c(I)c1I. The molecule has 0 bridgehead atoms. The molecule has 1 rings (SSSR count). The molecule has 4 nitrogen and oxygen atoms in total. The third-order valence-corrected chi connectivity index (χ3v) is 8.98. The molecule has 0 spiro atoms. The number of benzene rings is 1. The number of hydrogen-bond donors (Lipinski definition) is 2. The molecule has 0 saturated carbocycles. The average Bonchev–Trinajstić information content (AvgIpc) is 2.57. The Hall–Kier alpha value is 0.480. The number of phenols is 2. The van der Waals surface area contributed by atoms with Crippen LogP contribution in [0.15, 0.2) is 0 Å². The van der Waals surface area contributed by atoms with Gasteiger partial charge in [0, 0.05) is 7.14 Å². The molecule has 0 atom stereocenters. The quantitative estimate of drug-likeness (QED) is 0.102. The van der Waals surface area contributed by atoms with Crippen molar-refractivity contribution in [3.8, 4) is 11.5 Å². The fraction of sp³-hybridized carbons (Fsp3) is 0.588. The summed E-state index contributed by atoms with van der Waals surface area (Å²) in [7, 11) is 0. The molecule has 0 unspecified atom stereocenters. The van der Waals surface area contributed by atoms with Crippen molar-refractivity contribution < 1.29 is 19.7 Å². The van der Waals surface area contributed by atoms with Gasteiger partial charge in [-0.3, -0.25) is 0 Å². The minimum Gasteiger partial charge on any atom is -0.504 e. The summed E-state index contributed by atoms with van der Waals surface area (Å²) < 4.78 is 7.15. The third-order valence-electron chi connectivity index (χ3n) is 3.71. The summed E-state index contributed by atoms with van der Waals surface area (Å²) >= 11 is 5.98. The molecule has 0 amide bonds. The maximum Gasteiger partial charge on any atom is 0.343 e. The molecule has 0 heterocycles. The van der Waals surface area contributed by atoms with Gasteiger partial charge in [0.05, 0.1) is 10.2 Å². The first kappa shape index (κ1) is 22.5. The summed E-state index contributed by atoms with van der Waals surface area (Å²) in [6.45, 7) is 2.55. The van der Waals surface area contributed by atoms with Crippen molar-refractivity contribution in [1.29, 1.82) is 0 Å². The number of carbonyl (C=O) groups excluding carboxylic acids is 1. The van der Waals surface area contributed by atoms with Crippen LogP contribution < -0.4 is 0 Å². The fourth-order valence-corrected chi connectivity index (χ4v) is 4.61. The zero-order valence-electron chi connectivity index (χ0n) is 13.7. The van der Waals surface area contributed by atoms with E-state index < -0.39 is 11.7 Å². The summed E-state index contributed by atoms with van der Waals surface area (Å²) in [5.74, 6) is -1.24. The lowest BCUT2D eigenvalue weighted by Gasteiger charge is -2.12. The van der Waals surface area contributed by atoms with Crippen molar-refractivity contribution in [3.63, 3.8) is 0 Å². The van der Waals surface area contributed by atoms with E-state index in [0.717, 1.165) is 22.8 Å². The summed E-state index contributed by atoms with van der Waals surface area (Å²) in [6.07, 6.45) is 9.40. The van der Waals surface area contributed by atoms with Crippen molar-refractivity contribution in [2.45, 2.75) is 58.3 Å². The molecule has 7 heteroatoms. The zero-order chi connectivity index (χ0) is 18.1. The van der Waals surface area contributed by atoms with E-state index in [0.29, 0.717) is 13.7 Å². The summed E-state index contributed by atoms with van der Waals surface area (Å²) in [6, 6.07) is 0. The van der Waals surface area contributed by atoms with E-state index in [-0.39, 0.29) is 11.3 Å². The number of unbranched alkanes of at least 4 members (excludes halogenated alkanes) is 7. The van der Waals surface area contributed by atoms with Crippen LogP contribution in [0.25, 0.3) is 0 Å². The Bertz CT molecular complexity index is 532. The lowest BCUT2D eigenvalue weighted by molar-refractivity contribution is 0.0492. The summed E-state index contributed by atoms with van der Waals surface area (Å²) in [5.41, 5.74) is 0.0532. The molecule has 0 aromatic heterocycles. The highest BCUT2D eigenvalue weighted by Gasteiger charge is 2.25. The maximum atomic E-state index is 12.2. The van der Waals surface area contributed by atoms with E-state index in [2.05, 4.69) is 6.92 Å². The Morgan fingerprint density at radius 2 is 1.38 bits per heavy atom. The van der Waals surface area contributed by atoms with Gasteiger partial charge in [-0.05, 0) is 74.2 Å². The Morgan fingerprint density at radius 3 is 1.96 bits per heavy atom. The van der Waals surface area contributed by atoms with Gasteiger partial charge in [0.25, 0.3) is 0 Å². The molecule has 0 fully saturated rings. The van der Waals surface area contributed by atoms with Crippen molar-refractivity contribution in [2.24, 2.45) is 0 Å². The van der Waals surface area contributed by atoms with Gasteiger partial charge in [-0.25, -0.2) is 4.79 Å². The van der Waals surface area contributed by atoms with Crippen LogP contribution in [-0.4, -0.2) is 22.8 Å². The number of hydrogen-bond acceptors (Lipinski definition) is 4. The highest BCUT2D eigenvalue weighted by Crippen LogP contribution is 2.40. The number of halogens is 3. The van der Waals surface area contributed by atoms with Crippen LogP contribution in [0.4, 0.5) is 0 Å². The lowest BCUT2D eigenvalue weighted by Crippen LogP contribution is -2.10. The second-order valence-electron chi connectivity index (χ2n) is 5.62. The minimum atomic E-state index is -0.579. The molecular formula is C17H23I3O4. The normalized spacial score (nSPS) is 10.8. The van der Waals surface area contributed by atoms with Crippen LogP contribution in [0.1, 0.15) is 68.6 Å². The summed E-state index contributed by atoms with van der Waals surface area (Å²) in [5, 5.41) is 19.9.